The van der Waals surface area contributed by atoms with Crippen molar-refractivity contribution in [1.29, 1.82) is 0 Å². The molecule has 2 aromatic rings. The maximum absolute atomic E-state index is 5.43. The first-order valence-corrected chi connectivity index (χ1v) is 7.59. The van der Waals surface area contributed by atoms with Gasteiger partial charge < -0.3 is 15.4 Å². The number of methoxy groups -OCH3 is 1. The largest absolute Gasteiger partial charge is 0.490 e. The first kappa shape index (κ1) is 15.6. The van der Waals surface area contributed by atoms with E-state index < -0.39 is 0 Å². The fourth-order valence-electron chi connectivity index (χ4n) is 2.00. The first-order chi connectivity index (χ1) is 10.2. The second-order valence-corrected chi connectivity index (χ2v) is 5.47. The van der Waals surface area contributed by atoms with Gasteiger partial charge in [-0.2, -0.15) is 0 Å². The second-order valence-electron chi connectivity index (χ2n) is 4.55. The van der Waals surface area contributed by atoms with Gasteiger partial charge in [0.25, 0.3) is 0 Å². The van der Waals surface area contributed by atoms with Crippen LogP contribution in [0.5, 0.6) is 5.75 Å². The quantitative estimate of drug-likeness (QED) is 0.828. The third-order valence-electron chi connectivity index (χ3n) is 3.08. The summed E-state index contributed by atoms with van der Waals surface area (Å²) in [6, 6.07) is 8.29. The van der Waals surface area contributed by atoms with E-state index in [2.05, 4.69) is 55.6 Å². The van der Waals surface area contributed by atoms with Crippen molar-refractivity contribution in [2.75, 3.05) is 24.3 Å². The molecule has 112 valence electrons. The van der Waals surface area contributed by atoms with Crippen LogP contribution in [0.25, 0.3) is 0 Å². The van der Waals surface area contributed by atoms with Gasteiger partial charge in [0, 0.05) is 11.0 Å². The number of aromatic nitrogens is 2. The highest BCUT2D eigenvalue weighted by Gasteiger charge is 2.14. The zero-order chi connectivity index (χ0) is 15.2. The van der Waals surface area contributed by atoms with Crippen LogP contribution in [0, 0.1) is 0 Å². The van der Waals surface area contributed by atoms with Gasteiger partial charge in [-0.3, -0.25) is 0 Å². The summed E-state index contributed by atoms with van der Waals surface area (Å²) in [4.78, 5) is 8.48. The lowest BCUT2D eigenvalue weighted by Crippen LogP contribution is -2.11. The number of hydrogen-bond donors (Lipinski definition) is 2. The van der Waals surface area contributed by atoms with Gasteiger partial charge in [0.1, 0.15) is 6.33 Å². The Morgan fingerprint density at radius 1 is 1.19 bits per heavy atom. The van der Waals surface area contributed by atoms with E-state index in [0.29, 0.717) is 17.4 Å². The summed E-state index contributed by atoms with van der Waals surface area (Å²) < 4.78 is 6.49. The number of halogens is 1. The molecule has 0 spiro atoms. The Bertz CT molecular complexity index is 589. The van der Waals surface area contributed by atoms with E-state index in [-0.39, 0.29) is 6.04 Å². The highest BCUT2D eigenvalue weighted by atomic mass is 79.9. The predicted octanol–water partition coefficient (Wildman–Crippen LogP) is 3.85. The monoisotopic (exact) mass is 350 g/mol. The fourth-order valence-corrected chi connectivity index (χ4v) is 2.27. The minimum atomic E-state index is 0.108. The second kappa shape index (κ2) is 7.26. The lowest BCUT2D eigenvalue weighted by molar-refractivity contribution is 0.414. The number of nitrogens with zero attached hydrogens (tertiary/aromatic N) is 2. The summed E-state index contributed by atoms with van der Waals surface area (Å²) in [5.74, 6) is 2.00. The molecular formula is C15H19BrN4O. The van der Waals surface area contributed by atoms with E-state index in [9.17, 15) is 0 Å². The summed E-state index contributed by atoms with van der Waals surface area (Å²) in [6.45, 7) is 4.87. The van der Waals surface area contributed by atoms with Crippen molar-refractivity contribution in [2.45, 2.75) is 19.9 Å². The molecule has 5 nitrogen and oxygen atoms in total. The van der Waals surface area contributed by atoms with Crippen molar-refractivity contribution >= 4 is 27.6 Å². The van der Waals surface area contributed by atoms with Gasteiger partial charge in [-0.15, -0.1) is 0 Å². The number of benzene rings is 1. The van der Waals surface area contributed by atoms with E-state index >= 15 is 0 Å². The van der Waals surface area contributed by atoms with E-state index in [0.717, 1.165) is 11.0 Å². The van der Waals surface area contributed by atoms with Crippen LogP contribution in [0.1, 0.15) is 25.5 Å². The third kappa shape index (κ3) is 3.85. The van der Waals surface area contributed by atoms with Crippen molar-refractivity contribution < 1.29 is 4.74 Å². The first-order valence-electron chi connectivity index (χ1n) is 6.80. The van der Waals surface area contributed by atoms with Crippen molar-refractivity contribution in [3.63, 3.8) is 0 Å². The standard InChI is InChI=1S/C15H19BrN4O/c1-4-17-14-13(21-3)15(19-9-18-14)20-10(2)11-5-7-12(16)8-6-11/h5-10H,4H2,1-3H3,(H2,17,18,19,20). The normalized spacial score (nSPS) is 11.8. The average Bonchev–Trinajstić information content (AvgIpc) is 2.48. The van der Waals surface area contributed by atoms with Crippen LogP contribution in [-0.4, -0.2) is 23.6 Å². The van der Waals surface area contributed by atoms with Crippen LogP contribution in [0.2, 0.25) is 0 Å². The predicted molar refractivity (Wildman–Crippen MR) is 88.9 cm³/mol. The van der Waals surface area contributed by atoms with Gasteiger partial charge in [-0.1, -0.05) is 28.1 Å². The van der Waals surface area contributed by atoms with Crippen LogP contribution < -0.4 is 15.4 Å². The number of rotatable bonds is 6. The molecular weight excluding hydrogens is 332 g/mol. The summed E-state index contributed by atoms with van der Waals surface area (Å²) in [5, 5.41) is 6.53. The Morgan fingerprint density at radius 2 is 1.86 bits per heavy atom. The maximum Gasteiger partial charge on any atom is 0.204 e. The van der Waals surface area contributed by atoms with E-state index in [1.54, 1.807) is 7.11 Å². The lowest BCUT2D eigenvalue weighted by Gasteiger charge is -2.18. The van der Waals surface area contributed by atoms with Crippen LogP contribution in [0.3, 0.4) is 0 Å². The summed E-state index contributed by atoms with van der Waals surface area (Å²) >= 11 is 3.44. The summed E-state index contributed by atoms with van der Waals surface area (Å²) in [5.41, 5.74) is 1.17. The Kier molecular flexibility index (Phi) is 5.38. The van der Waals surface area contributed by atoms with Crippen LogP contribution in [0.15, 0.2) is 35.1 Å². The van der Waals surface area contributed by atoms with Crippen molar-refractivity contribution in [2.24, 2.45) is 0 Å². The SMILES string of the molecule is CCNc1ncnc(NC(C)c2ccc(Br)cc2)c1OC. The van der Waals surface area contributed by atoms with Gasteiger partial charge in [-0.05, 0) is 31.5 Å². The zero-order valence-electron chi connectivity index (χ0n) is 12.4. The molecule has 1 atom stereocenters. The van der Waals surface area contributed by atoms with Gasteiger partial charge in [0.15, 0.2) is 11.6 Å². The molecule has 2 N–H and O–H groups in total. The Labute approximate surface area is 133 Å². The molecule has 6 heteroatoms. The van der Waals surface area contributed by atoms with Crippen molar-refractivity contribution in [3.8, 4) is 5.75 Å². The molecule has 0 fully saturated rings. The molecule has 0 radical (unpaired) electrons. The number of nitrogens with one attached hydrogen (secondary N) is 2. The van der Waals surface area contributed by atoms with Gasteiger partial charge in [0.05, 0.1) is 13.2 Å². The molecule has 0 aliphatic carbocycles. The van der Waals surface area contributed by atoms with E-state index in [1.165, 1.54) is 11.9 Å². The van der Waals surface area contributed by atoms with E-state index in [4.69, 9.17) is 4.74 Å². The molecule has 1 heterocycles. The van der Waals surface area contributed by atoms with Crippen molar-refractivity contribution in [3.05, 3.63) is 40.6 Å². The van der Waals surface area contributed by atoms with Gasteiger partial charge >= 0.3 is 0 Å². The number of anilines is 2. The molecule has 0 aliphatic heterocycles. The Hall–Kier alpha value is -1.82. The van der Waals surface area contributed by atoms with Gasteiger partial charge in [0.2, 0.25) is 5.75 Å². The maximum atomic E-state index is 5.43. The molecule has 1 unspecified atom stereocenters. The smallest absolute Gasteiger partial charge is 0.204 e. The van der Waals surface area contributed by atoms with Gasteiger partial charge in [-0.25, -0.2) is 9.97 Å². The minimum absolute atomic E-state index is 0.108. The third-order valence-corrected chi connectivity index (χ3v) is 3.60. The van der Waals surface area contributed by atoms with Crippen LogP contribution >= 0.6 is 15.9 Å². The molecule has 0 bridgehead atoms. The average molecular weight is 351 g/mol. The molecule has 2 rings (SSSR count). The Morgan fingerprint density at radius 3 is 2.48 bits per heavy atom. The molecule has 0 aliphatic rings. The molecule has 0 amide bonds. The molecule has 0 saturated carbocycles. The highest BCUT2D eigenvalue weighted by molar-refractivity contribution is 9.10. The molecule has 1 aromatic heterocycles. The van der Waals surface area contributed by atoms with Crippen LogP contribution in [0.4, 0.5) is 11.6 Å². The minimum Gasteiger partial charge on any atom is -0.490 e. The number of ether oxygens (including phenoxy) is 1. The zero-order valence-corrected chi connectivity index (χ0v) is 13.9. The fraction of sp³-hybridized carbons (Fsp3) is 0.333. The lowest BCUT2D eigenvalue weighted by atomic mass is 10.1. The molecule has 0 saturated heterocycles. The summed E-state index contributed by atoms with van der Waals surface area (Å²) in [6.07, 6.45) is 1.52. The summed E-state index contributed by atoms with van der Waals surface area (Å²) in [7, 11) is 1.62. The van der Waals surface area contributed by atoms with Crippen LogP contribution in [-0.2, 0) is 0 Å². The topological polar surface area (TPSA) is 59.1 Å². The highest BCUT2D eigenvalue weighted by Crippen LogP contribution is 2.31. The number of hydrogen-bond acceptors (Lipinski definition) is 5. The van der Waals surface area contributed by atoms with E-state index in [1.807, 2.05) is 19.1 Å². The van der Waals surface area contributed by atoms with Crippen molar-refractivity contribution in [1.82, 2.24) is 9.97 Å². The molecule has 1 aromatic carbocycles. The molecule has 21 heavy (non-hydrogen) atoms. The Balaban J connectivity index is 2.22.